The highest BCUT2D eigenvalue weighted by atomic mass is 28.3. The average Bonchev–Trinajstić information content (AvgIpc) is 1.95. The number of hydrogen-bond acceptors (Lipinski definition) is 1. The van der Waals surface area contributed by atoms with Gasteiger partial charge in [-0.1, -0.05) is 55.6 Å². The fourth-order valence-corrected chi connectivity index (χ4v) is 5.04. The van der Waals surface area contributed by atoms with Gasteiger partial charge in [0, 0.05) is 5.54 Å². The largest absolute Gasteiger partial charge is 0.329 e. The molecule has 1 N–H and O–H groups in total. The summed E-state index contributed by atoms with van der Waals surface area (Å²) < 4.78 is 0. The third-order valence-electron chi connectivity index (χ3n) is 2.41. The topological polar surface area (TPSA) is 12.0 Å². The zero-order chi connectivity index (χ0) is 12.2. The van der Waals surface area contributed by atoms with Crippen LogP contribution in [0, 0.1) is 0 Å². The van der Waals surface area contributed by atoms with Crippen molar-refractivity contribution in [3.8, 4) is 0 Å². The maximum Gasteiger partial charge on any atom is 0.151 e. The van der Waals surface area contributed by atoms with Gasteiger partial charge in [0.2, 0.25) is 0 Å². The van der Waals surface area contributed by atoms with Crippen LogP contribution in [0.25, 0.3) is 0 Å². The van der Waals surface area contributed by atoms with Crippen LogP contribution in [0.3, 0.4) is 0 Å². The molecule has 2 heteroatoms. The lowest BCUT2D eigenvalue weighted by molar-refractivity contribution is 0.514. The fourth-order valence-electron chi connectivity index (χ4n) is 1.99. The highest BCUT2D eigenvalue weighted by Gasteiger charge is 2.28. The Morgan fingerprint density at radius 3 is 2.12 bits per heavy atom. The third kappa shape index (κ3) is 4.33. The van der Waals surface area contributed by atoms with Crippen LogP contribution in [0.5, 0.6) is 0 Å². The predicted molar refractivity (Wildman–Crippen MR) is 75.9 cm³/mol. The Morgan fingerprint density at radius 2 is 1.50 bits per heavy atom. The van der Waals surface area contributed by atoms with Gasteiger partial charge < -0.3 is 4.98 Å². The average molecular weight is 233 g/mol. The lowest BCUT2D eigenvalue weighted by Crippen LogP contribution is -2.55. The standard InChI is InChI=1S/C14H23NSi/c1-14(2,3)15-16(4,5)13-11-9-7-6-8-10-12-13/h6-12,15H,1-5H3. The molecule has 0 bridgehead atoms. The van der Waals surface area contributed by atoms with E-state index in [9.17, 15) is 0 Å². The van der Waals surface area contributed by atoms with E-state index in [1.807, 2.05) is 0 Å². The smallest absolute Gasteiger partial charge is 0.151 e. The van der Waals surface area contributed by atoms with Crippen LogP contribution >= 0.6 is 0 Å². The van der Waals surface area contributed by atoms with Crippen molar-refractivity contribution in [2.75, 3.05) is 0 Å². The number of allylic oxidation sites excluding steroid dienone is 8. The molecule has 1 nitrogen and oxygen atoms in total. The van der Waals surface area contributed by atoms with Gasteiger partial charge in [-0.2, -0.15) is 0 Å². The van der Waals surface area contributed by atoms with Gasteiger partial charge in [-0.15, -0.1) is 0 Å². The Kier molecular flexibility index (Phi) is 4.11. The number of nitrogens with one attached hydrogen (secondary N) is 1. The molecule has 88 valence electrons. The van der Waals surface area contributed by atoms with Crippen LogP contribution in [0.2, 0.25) is 13.1 Å². The summed E-state index contributed by atoms with van der Waals surface area (Å²) in [6, 6.07) is 0. The van der Waals surface area contributed by atoms with Crippen molar-refractivity contribution in [1.29, 1.82) is 0 Å². The van der Waals surface area contributed by atoms with Crippen molar-refractivity contribution < 1.29 is 0 Å². The Hall–Kier alpha value is -0.863. The van der Waals surface area contributed by atoms with E-state index in [1.165, 1.54) is 5.20 Å². The second kappa shape index (κ2) is 4.98. The second-order valence-electron chi connectivity index (χ2n) is 5.75. The Labute approximate surface area is 101 Å². The Balaban J connectivity index is 2.90. The normalized spacial score (nSPS) is 16.9. The lowest BCUT2D eigenvalue weighted by atomic mass is 10.1. The summed E-state index contributed by atoms with van der Waals surface area (Å²) in [6.45, 7) is 11.4. The van der Waals surface area contributed by atoms with E-state index in [4.69, 9.17) is 0 Å². The molecule has 0 radical (unpaired) electrons. The zero-order valence-electron chi connectivity index (χ0n) is 11.0. The fraction of sp³-hybridized carbons (Fsp3) is 0.429. The first kappa shape index (κ1) is 13.2. The van der Waals surface area contributed by atoms with Gasteiger partial charge in [-0.05, 0) is 26.0 Å². The van der Waals surface area contributed by atoms with E-state index < -0.39 is 8.24 Å². The number of rotatable bonds is 2. The molecular formula is C14H23NSi. The molecular weight excluding hydrogens is 210 g/mol. The van der Waals surface area contributed by atoms with E-state index in [-0.39, 0.29) is 5.54 Å². The highest BCUT2D eigenvalue weighted by Crippen LogP contribution is 2.18. The predicted octanol–water partition coefficient (Wildman–Crippen LogP) is 3.73. The summed E-state index contributed by atoms with van der Waals surface area (Å²) >= 11 is 0. The first-order valence-electron chi connectivity index (χ1n) is 5.83. The lowest BCUT2D eigenvalue weighted by Gasteiger charge is -2.34. The van der Waals surface area contributed by atoms with Crippen LogP contribution in [-0.2, 0) is 0 Å². The molecule has 0 aromatic carbocycles. The molecule has 1 rings (SSSR count). The van der Waals surface area contributed by atoms with Crippen molar-refractivity contribution in [1.82, 2.24) is 4.98 Å². The molecule has 0 aromatic heterocycles. The monoisotopic (exact) mass is 233 g/mol. The van der Waals surface area contributed by atoms with E-state index in [0.29, 0.717) is 0 Å². The van der Waals surface area contributed by atoms with Crippen LogP contribution in [0.1, 0.15) is 20.8 Å². The van der Waals surface area contributed by atoms with E-state index in [1.54, 1.807) is 0 Å². The minimum atomic E-state index is -1.55. The molecule has 16 heavy (non-hydrogen) atoms. The van der Waals surface area contributed by atoms with Gasteiger partial charge in [0.15, 0.2) is 8.24 Å². The van der Waals surface area contributed by atoms with Crippen molar-refractivity contribution in [2.24, 2.45) is 0 Å². The van der Waals surface area contributed by atoms with Gasteiger partial charge in [0.05, 0.1) is 0 Å². The van der Waals surface area contributed by atoms with Crippen molar-refractivity contribution >= 4 is 8.24 Å². The van der Waals surface area contributed by atoms with Crippen molar-refractivity contribution in [2.45, 2.75) is 39.4 Å². The maximum atomic E-state index is 3.77. The minimum absolute atomic E-state index is 0.173. The molecule has 0 heterocycles. The quantitative estimate of drug-likeness (QED) is 0.717. The van der Waals surface area contributed by atoms with Crippen LogP contribution in [0.4, 0.5) is 0 Å². The van der Waals surface area contributed by atoms with Gasteiger partial charge in [0.1, 0.15) is 0 Å². The van der Waals surface area contributed by atoms with Crippen molar-refractivity contribution in [3.63, 3.8) is 0 Å². The maximum absolute atomic E-state index is 3.77. The van der Waals surface area contributed by atoms with Gasteiger partial charge >= 0.3 is 0 Å². The Bertz CT molecular complexity index is 351. The zero-order valence-corrected chi connectivity index (χ0v) is 12.0. The summed E-state index contributed by atoms with van der Waals surface area (Å²) in [7, 11) is -1.55. The minimum Gasteiger partial charge on any atom is -0.329 e. The summed E-state index contributed by atoms with van der Waals surface area (Å²) in [4.78, 5) is 3.77. The third-order valence-corrected chi connectivity index (χ3v) is 5.56. The van der Waals surface area contributed by atoms with Gasteiger partial charge in [0.25, 0.3) is 0 Å². The molecule has 1 aliphatic carbocycles. The van der Waals surface area contributed by atoms with E-state index in [2.05, 4.69) is 81.4 Å². The highest BCUT2D eigenvalue weighted by molar-refractivity contribution is 6.82. The first-order chi connectivity index (χ1) is 7.31. The van der Waals surface area contributed by atoms with Crippen LogP contribution < -0.4 is 4.98 Å². The first-order valence-corrected chi connectivity index (χ1v) is 8.83. The molecule has 0 aromatic rings. The molecule has 0 amide bonds. The molecule has 0 spiro atoms. The van der Waals surface area contributed by atoms with Crippen molar-refractivity contribution in [3.05, 3.63) is 47.7 Å². The van der Waals surface area contributed by atoms with E-state index >= 15 is 0 Å². The van der Waals surface area contributed by atoms with Gasteiger partial charge in [-0.3, -0.25) is 0 Å². The SMILES string of the molecule is CC(C)(C)N[Si](C)(C)C1=CC=CC=CC=C1. The molecule has 0 fully saturated rings. The van der Waals surface area contributed by atoms with Crippen LogP contribution in [0.15, 0.2) is 47.7 Å². The second-order valence-corrected chi connectivity index (χ2v) is 9.83. The number of hydrogen-bond donors (Lipinski definition) is 1. The van der Waals surface area contributed by atoms with Gasteiger partial charge in [-0.25, -0.2) is 0 Å². The molecule has 1 aliphatic rings. The molecule has 0 saturated carbocycles. The summed E-state index contributed by atoms with van der Waals surface area (Å²) in [5, 5.41) is 1.43. The molecule has 0 atom stereocenters. The summed E-state index contributed by atoms with van der Waals surface area (Å²) in [5.41, 5.74) is 0.173. The summed E-state index contributed by atoms with van der Waals surface area (Å²) in [6.07, 6.45) is 14.9. The van der Waals surface area contributed by atoms with Crippen LogP contribution in [-0.4, -0.2) is 13.8 Å². The van der Waals surface area contributed by atoms with E-state index in [0.717, 1.165) is 0 Å². The summed E-state index contributed by atoms with van der Waals surface area (Å²) in [5.74, 6) is 0. The molecule has 0 unspecified atom stereocenters. The Morgan fingerprint density at radius 1 is 0.938 bits per heavy atom. The molecule has 0 aliphatic heterocycles. The molecule has 0 saturated heterocycles.